The van der Waals surface area contributed by atoms with Gasteiger partial charge in [-0.25, -0.2) is 0 Å². The first-order valence-electron chi connectivity index (χ1n) is 12.6. The molecule has 0 amide bonds. The average Bonchev–Trinajstić information content (AvgIpc) is 3.19. The van der Waals surface area contributed by atoms with Crippen LogP contribution in [0.15, 0.2) is 103 Å². The van der Waals surface area contributed by atoms with Crippen LogP contribution in [0.5, 0.6) is 11.5 Å². The molecule has 0 saturated heterocycles. The van der Waals surface area contributed by atoms with Gasteiger partial charge in [0.05, 0.1) is 17.5 Å². The molecule has 2 atom stereocenters. The minimum Gasteiger partial charge on any atom is -0.426 e. The second-order valence-electron chi connectivity index (χ2n) is 9.71. The third kappa shape index (κ3) is 4.90. The SMILES string of the molecule is CC(CC1(CC(C)C(=O)Oc2ccccc2)c2ccccc2-c2ncccc21)C(=O)Oc1ccccc1. The predicted octanol–water partition coefficient (Wildman–Crippen LogP) is 6.61. The highest BCUT2D eigenvalue weighted by atomic mass is 16.5. The Morgan fingerprint density at radius 1 is 0.676 bits per heavy atom. The largest absolute Gasteiger partial charge is 0.426 e. The van der Waals surface area contributed by atoms with Crippen LogP contribution in [0.1, 0.15) is 37.8 Å². The number of hydrogen-bond acceptors (Lipinski definition) is 5. The molecule has 0 aliphatic heterocycles. The van der Waals surface area contributed by atoms with Gasteiger partial charge in [0.1, 0.15) is 11.5 Å². The second kappa shape index (κ2) is 10.4. The van der Waals surface area contributed by atoms with E-state index in [4.69, 9.17) is 14.5 Å². The van der Waals surface area contributed by atoms with Crippen molar-refractivity contribution in [1.82, 2.24) is 4.98 Å². The number of pyridine rings is 1. The predicted molar refractivity (Wildman–Crippen MR) is 142 cm³/mol. The summed E-state index contributed by atoms with van der Waals surface area (Å²) >= 11 is 0. The Bertz CT molecular complexity index is 1290. The molecule has 5 rings (SSSR count). The number of carbonyl (C=O) groups excluding carboxylic acids is 2. The molecule has 0 spiro atoms. The van der Waals surface area contributed by atoms with Crippen LogP contribution in [-0.4, -0.2) is 16.9 Å². The molecule has 0 bridgehead atoms. The maximum atomic E-state index is 13.2. The van der Waals surface area contributed by atoms with Crippen LogP contribution in [-0.2, 0) is 15.0 Å². The van der Waals surface area contributed by atoms with Crippen molar-refractivity contribution in [2.75, 3.05) is 0 Å². The van der Waals surface area contributed by atoms with E-state index in [-0.39, 0.29) is 11.9 Å². The molecule has 0 saturated carbocycles. The topological polar surface area (TPSA) is 65.5 Å². The molecule has 5 nitrogen and oxygen atoms in total. The van der Waals surface area contributed by atoms with Crippen LogP contribution in [0.3, 0.4) is 0 Å². The summed E-state index contributed by atoms with van der Waals surface area (Å²) in [4.78, 5) is 31.1. The number of esters is 2. The van der Waals surface area contributed by atoms with Crippen molar-refractivity contribution in [3.8, 4) is 22.8 Å². The molecule has 1 aliphatic carbocycles. The van der Waals surface area contributed by atoms with E-state index in [1.807, 2.05) is 68.4 Å². The van der Waals surface area contributed by atoms with E-state index in [2.05, 4.69) is 18.2 Å². The van der Waals surface area contributed by atoms with Crippen LogP contribution in [0.25, 0.3) is 11.3 Å². The minimum atomic E-state index is -0.607. The smallest absolute Gasteiger partial charge is 0.314 e. The average molecular weight is 492 g/mol. The first kappa shape index (κ1) is 24.4. The number of rotatable bonds is 8. The molecule has 0 fully saturated rings. The monoisotopic (exact) mass is 491 g/mol. The molecule has 4 aromatic rings. The Labute approximate surface area is 217 Å². The normalized spacial score (nSPS) is 17.2. The Hall–Kier alpha value is -4.25. The van der Waals surface area contributed by atoms with Gasteiger partial charge in [-0.2, -0.15) is 0 Å². The number of carbonyl (C=O) groups is 2. The number of nitrogens with zero attached hydrogens (tertiary/aromatic N) is 1. The highest BCUT2D eigenvalue weighted by Gasteiger charge is 2.47. The molecule has 1 aliphatic rings. The summed E-state index contributed by atoms with van der Waals surface area (Å²) < 4.78 is 11.4. The first-order chi connectivity index (χ1) is 18.0. The van der Waals surface area contributed by atoms with E-state index in [0.29, 0.717) is 24.3 Å². The van der Waals surface area contributed by atoms with Crippen LogP contribution in [0.4, 0.5) is 0 Å². The molecule has 2 unspecified atom stereocenters. The van der Waals surface area contributed by atoms with E-state index in [1.165, 1.54) is 0 Å². The van der Waals surface area contributed by atoms with Crippen molar-refractivity contribution in [1.29, 1.82) is 0 Å². The van der Waals surface area contributed by atoms with E-state index in [0.717, 1.165) is 22.4 Å². The molecule has 1 heterocycles. The zero-order valence-electron chi connectivity index (χ0n) is 21.0. The number of para-hydroxylation sites is 2. The molecular formula is C32H29NO4. The zero-order valence-corrected chi connectivity index (χ0v) is 21.0. The Morgan fingerprint density at radius 2 is 1.16 bits per heavy atom. The van der Waals surface area contributed by atoms with Crippen molar-refractivity contribution in [3.63, 3.8) is 0 Å². The molecule has 0 N–H and O–H groups in total. The minimum absolute atomic E-state index is 0.306. The van der Waals surface area contributed by atoms with Gasteiger partial charge in [-0.1, -0.05) is 80.6 Å². The fourth-order valence-electron chi connectivity index (χ4n) is 5.40. The lowest BCUT2D eigenvalue weighted by Crippen LogP contribution is -2.35. The first-order valence-corrected chi connectivity index (χ1v) is 12.6. The van der Waals surface area contributed by atoms with Crippen molar-refractivity contribution < 1.29 is 19.1 Å². The second-order valence-corrected chi connectivity index (χ2v) is 9.71. The summed E-state index contributed by atoms with van der Waals surface area (Å²) in [5, 5.41) is 0. The lowest BCUT2D eigenvalue weighted by Gasteiger charge is -2.35. The lowest BCUT2D eigenvalue weighted by molar-refractivity contribution is -0.139. The molecule has 1 aromatic heterocycles. The van der Waals surface area contributed by atoms with Crippen LogP contribution in [0, 0.1) is 11.8 Å². The van der Waals surface area contributed by atoms with Gasteiger partial charge in [0.2, 0.25) is 0 Å². The quantitative estimate of drug-likeness (QED) is 0.205. The highest BCUT2D eigenvalue weighted by Crippen LogP contribution is 2.54. The summed E-state index contributed by atoms with van der Waals surface area (Å²) in [6, 6.07) is 30.3. The van der Waals surface area contributed by atoms with Crippen molar-refractivity contribution in [3.05, 3.63) is 114 Å². The van der Waals surface area contributed by atoms with Crippen LogP contribution >= 0.6 is 0 Å². The van der Waals surface area contributed by atoms with Crippen molar-refractivity contribution in [2.24, 2.45) is 11.8 Å². The highest BCUT2D eigenvalue weighted by molar-refractivity contribution is 5.81. The van der Waals surface area contributed by atoms with Gasteiger partial charge in [-0.3, -0.25) is 14.6 Å². The number of aromatic nitrogens is 1. The van der Waals surface area contributed by atoms with Crippen molar-refractivity contribution in [2.45, 2.75) is 32.1 Å². The number of ether oxygens (including phenoxy) is 2. The number of benzene rings is 3. The number of hydrogen-bond donors (Lipinski definition) is 0. The summed E-state index contributed by atoms with van der Waals surface area (Å²) in [5.74, 6) is -0.447. The summed E-state index contributed by atoms with van der Waals surface area (Å²) in [6.07, 6.45) is 2.72. The van der Waals surface area contributed by atoms with Gasteiger partial charge >= 0.3 is 11.9 Å². The van der Waals surface area contributed by atoms with Crippen molar-refractivity contribution >= 4 is 11.9 Å². The maximum Gasteiger partial charge on any atom is 0.314 e. The lowest BCUT2D eigenvalue weighted by atomic mass is 9.67. The molecule has 37 heavy (non-hydrogen) atoms. The Kier molecular flexibility index (Phi) is 6.87. The van der Waals surface area contributed by atoms with Crippen LogP contribution < -0.4 is 9.47 Å². The third-order valence-electron chi connectivity index (χ3n) is 7.06. The van der Waals surface area contributed by atoms with Gasteiger partial charge in [0, 0.05) is 17.2 Å². The molecule has 186 valence electrons. The van der Waals surface area contributed by atoms with E-state index < -0.39 is 17.3 Å². The Balaban J connectivity index is 1.49. The van der Waals surface area contributed by atoms with Gasteiger partial charge in [-0.15, -0.1) is 0 Å². The van der Waals surface area contributed by atoms with Gasteiger partial charge in [-0.05, 0) is 54.3 Å². The summed E-state index contributed by atoms with van der Waals surface area (Å²) in [5.41, 5.74) is 3.41. The summed E-state index contributed by atoms with van der Waals surface area (Å²) in [7, 11) is 0. The van der Waals surface area contributed by atoms with E-state index >= 15 is 0 Å². The van der Waals surface area contributed by atoms with Crippen LogP contribution in [0.2, 0.25) is 0 Å². The summed E-state index contributed by atoms with van der Waals surface area (Å²) in [6.45, 7) is 3.77. The maximum absolute atomic E-state index is 13.2. The fourth-order valence-corrected chi connectivity index (χ4v) is 5.40. The van der Waals surface area contributed by atoms with Gasteiger partial charge in [0.25, 0.3) is 0 Å². The molecule has 5 heteroatoms. The Morgan fingerprint density at radius 3 is 1.73 bits per heavy atom. The third-order valence-corrected chi connectivity index (χ3v) is 7.06. The standard InChI is InChI=1S/C32H29NO4/c1-22(30(34)36-24-12-5-3-6-13-24)20-32(21-23(2)31(35)37-25-14-7-4-8-15-25)27-17-10-9-16-26(27)29-28(32)18-11-19-33-29/h3-19,22-23H,20-21H2,1-2H3. The fraction of sp³-hybridized carbons (Fsp3) is 0.219. The molecule has 3 aromatic carbocycles. The zero-order chi connectivity index (χ0) is 25.8. The molecular weight excluding hydrogens is 462 g/mol. The molecule has 0 radical (unpaired) electrons. The van der Waals surface area contributed by atoms with Gasteiger partial charge < -0.3 is 9.47 Å². The van der Waals surface area contributed by atoms with Gasteiger partial charge in [0.15, 0.2) is 0 Å². The van der Waals surface area contributed by atoms with E-state index in [9.17, 15) is 9.59 Å². The number of fused-ring (bicyclic) bond motifs is 3. The van der Waals surface area contributed by atoms with E-state index in [1.54, 1.807) is 30.5 Å².